The van der Waals surface area contributed by atoms with Crippen molar-refractivity contribution in [3.8, 4) is 0 Å². The summed E-state index contributed by atoms with van der Waals surface area (Å²) in [5.41, 5.74) is 3.46. The van der Waals surface area contributed by atoms with Crippen LogP contribution < -0.4 is 5.32 Å². The summed E-state index contributed by atoms with van der Waals surface area (Å²) in [6.45, 7) is 7.05. The van der Waals surface area contributed by atoms with E-state index in [1.807, 2.05) is 20.0 Å². The number of rotatable bonds is 5. The Hall–Kier alpha value is -1.95. The first-order valence-electron chi connectivity index (χ1n) is 9.45. The van der Waals surface area contributed by atoms with Gasteiger partial charge in [-0.1, -0.05) is 6.92 Å². The number of nitrogens with zero attached hydrogens (tertiary/aromatic N) is 4. The summed E-state index contributed by atoms with van der Waals surface area (Å²) in [5, 5.41) is 8.55. The van der Waals surface area contributed by atoms with Gasteiger partial charge >= 0.3 is 0 Å². The van der Waals surface area contributed by atoms with E-state index in [2.05, 4.69) is 22.2 Å². The number of nitrogens with one attached hydrogen (secondary N) is 1. The molecule has 1 saturated carbocycles. The molecule has 6 heteroatoms. The first kappa shape index (κ1) is 16.5. The van der Waals surface area contributed by atoms with Gasteiger partial charge in [-0.15, -0.1) is 0 Å². The van der Waals surface area contributed by atoms with E-state index in [9.17, 15) is 4.79 Å². The number of likely N-dealkylation sites (N-methyl/N-ethyl adjacent to an activating group) is 1. The zero-order chi connectivity index (χ0) is 17.6. The molecule has 4 rings (SSSR count). The van der Waals surface area contributed by atoms with Crippen molar-refractivity contribution in [3.05, 3.63) is 23.0 Å². The number of aryl methyl sites for hydroxylation is 2. The summed E-state index contributed by atoms with van der Waals surface area (Å²) in [7, 11) is 1.90. The Kier molecular flexibility index (Phi) is 4.23. The predicted octanol–water partition coefficient (Wildman–Crippen LogP) is 2.37. The number of carbonyl (C=O) groups excluding carboxylic acids is 1. The Morgan fingerprint density at radius 3 is 2.88 bits per heavy atom. The van der Waals surface area contributed by atoms with Crippen molar-refractivity contribution < 1.29 is 4.79 Å². The van der Waals surface area contributed by atoms with E-state index in [0.717, 1.165) is 41.1 Å². The predicted molar refractivity (Wildman–Crippen MR) is 97.8 cm³/mol. The minimum Gasteiger partial charge on any atom is -0.350 e. The average molecular weight is 341 g/mol. The summed E-state index contributed by atoms with van der Waals surface area (Å²) < 4.78 is 1.79. The highest BCUT2D eigenvalue weighted by Crippen LogP contribution is 2.40. The van der Waals surface area contributed by atoms with Gasteiger partial charge in [0, 0.05) is 31.2 Å². The lowest BCUT2D eigenvalue weighted by Gasteiger charge is -2.23. The molecule has 0 bridgehead atoms. The summed E-state index contributed by atoms with van der Waals surface area (Å²) >= 11 is 0. The van der Waals surface area contributed by atoms with Crippen LogP contribution >= 0.6 is 0 Å². The van der Waals surface area contributed by atoms with Crippen molar-refractivity contribution in [2.45, 2.75) is 51.5 Å². The summed E-state index contributed by atoms with van der Waals surface area (Å²) in [4.78, 5) is 20.2. The SMILES string of the molecule is CCN1CCCC1CNC(=O)c1cc(C2CC2)nc2c1c(C)nn2C. The smallest absolute Gasteiger partial charge is 0.252 e. The van der Waals surface area contributed by atoms with E-state index in [4.69, 9.17) is 4.98 Å². The zero-order valence-electron chi connectivity index (χ0n) is 15.4. The topological polar surface area (TPSA) is 63.1 Å². The highest BCUT2D eigenvalue weighted by Gasteiger charge is 2.29. The molecule has 134 valence electrons. The number of hydrogen-bond donors (Lipinski definition) is 1. The second-order valence-electron chi connectivity index (χ2n) is 7.41. The maximum atomic E-state index is 13.0. The second-order valence-corrected chi connectivity index (χ2v) is 7.41. The van der Waals surface area contributed by atoms with E-state index < -0.39 is 0 Å². The van der Waals surface area contributed by atoms with Gasteiger partial charge in [-0.2, -0.15) is 5.10 Å². The molecule has 1 N–H and O–H groups in total. The van der Waals surface area contributed by atoms with E-state index in [1.54, 1.807) is 4.68 Å². The molecular weight excluding hydrogens is 314 g/mol. The third-order valence-electron chi connectivity index (χ3n) is 5.63. The van der Waals surface area contributed by atoms with Crippen molar-refractivity contribution >= 4 is 16.9 Å². The van der Waals surface area contributed by atoms with Crippen molar-refractivity contribution in [2.75, 3.05) is 19.6 Å². The van der Waals surface area contributed by atoms with Gasteiger partial charge in [0.2, 0.25) is 0 Å². The van der Waals surface area contributed by atoms with Crippen molar-refractivity contribution in [3.63, 3.8) is 0 Å². The van der Waals surface area contributed by atoms with Crippen LogP contribution in [0.25, 0.3) is 11.0 Å². The fourth-order valence-electron chi connectivity index (χ4n) is 4.08. The van der Waals surface area contributed by atoms with Gasteiger partial charge in [0.1, 0.15) is 0 Å². The minimum atomic E-state index is 0.00773. The summed E-state index contributed by atoms with van der Waals surface area (Å²) in [6.07, 6.45) is 4.73. The molecule has 1 amide bonds. The number of hydrogen-bond acceptors (Lipinski definition) is 4. The highest BCUT2D eigenvalue weighted by molar-refractivity contribution is 6.06. The Morgan fingerprint density at radius 2 is 2.16 bits per heavy atom. The van der Waals surface area contributed by atoms with Crippen molar-refractivity contribution in [1.29, 1.82) is 0 Å². The van der Waals surface area contributed by atoms with E-state index in [-0.39, 0.29) is 5.91 Å². The third-order valence-corrected chi connectivity index (χ3v) is 5.63. The number of fused-ring (bicyclic) bond motifs is 1. The molecule has 1 aliphatic heterocycles. The van der Waals surface area contributed by atoms with Gasteiger partial charge in [0.25, 0.3) is 5.91 Å². The molecular formula is C19H27N5O. The lowest BCUT2D eigenvalue weighted by Crippen LogP contribution is -2.40. The molecule has 0 radical (unpaired) electrons. The number of carbonyl (C=O) groups is 1. The fourth-order valence-corrected chi connectivity index (χ4v) is 4.08. The number of aromatic nitrogens is 3. The quantitative estimate of drug-likeness (QED) is 0.907. The largest absolute Gasteiger partial charge is 0.350 e. The maximum Gasteiger partial charge on any atom is 0.252 e. The molecule has 1 atom stereocenters. The zero-order valence-corrected chi connectivity index (χ0v) is 15.4. The van der Waals surface area contributed by atoms with E-state index >= 15 is 0 Å². The molecule has 2 aliphatic rings. The second kappa shape index (κ2) is 6.41. The van der Waals surface area contributed by atoms with Crippen molar-refractivity contribution in [1.82, 2.24) is 25.0 Å². The maximum absolute atomic E-state index is 13.0. The summed E-state index contributed by atoms with van der Waals surface area (Å²) in [6, 6.07) is 2.46. The standard InChI is InChI=1S/C19H27N5O/c1-4-24-9-5-6-14(24)11-20-19(25)15-10-16(13-7-8-13)21-18-17(15)12(2)22-23(18)3/h10,13-14H,4-9,11H2,1-3H3,(H,20,25). The first-order valence-corrected chi connectivity index (χ1v) is 9.45. The highest BCUT2D eigenvalue weighted by atomic mass is 16.1. The number of amides is 1. The van der Waals surface area contributed by atoms with Gasteiger partial charge in [-0.05, 0) is 51.8 Å². The Balaban J connectivity index is 1.62. The van der Waals surface area contributed by atoms with Crippen LogP contribution in [-0.4, -0.2) is 51.2 Å². The third kappa shape index (κ3) is 3.03. The molecule has 2 fully saturated rings. The van der Waals surface area contributed by atoms with Gasteiger partial charge in [0.15, 0.2) is 5.65 Å². The number of pyridine rings is 1. The molecule has 2 aromatic rings. The first-order chi connectivity index (χ1) is 12.1. The van der Waals surface area contributed by atoms with E-state index in [1.165, 1.54) is 25.7 Å². The lowest BCUT2D eigenvalue weighted by molar-refractivity contribution is 0.0943. The van der Waals surface area contributed by atoms with Crippen LogP contribution in [0.1, 0.15) is 60.3 Å². The monoisotopic (exact) mass is 341 g/mol. The Labute approximate surface area is 148 Å². The molecule has 0 spiro atoms. The van der Waals surface area contributed by atoms with Crippen LogP contribution in [0.3, 0.4) is 0 Å². The fraction of sp³-hybridized carbons (Fsp3) is 0.632. The number of likely N-dealkylation sites (tertiary alicyclic amines) is 1. The molecule has 1 unspecified atom stereocenters. The van der Waals surface area contributed by atoms with Gasteiger partial charge in [0.05, 0.1) is 16.6 Å². The Morgan fingerprint density at radius 1 is 1.36 bits per heavy atom. The average Bonchev–Trinajstić information content (AvgIpc) is 3.29. The minimum absolute atomic E-state index is 0.00773. The molecule has 2 aromatic heterocycles. The van der Waals surface area contributed by atoms with Gasteiger partial charge in [-0.25, -0.2) is 4.98 Å². The normalized spacial score (nSPS) is 21.2. The van der Waals surface area contributed by atoms with Crippen LogP contribution in [0.2, 0.25) is 0 Å². The molecule has 6 nitrogen and oxygen atoms in total. The molecule has 0 aromatic carbocycles. The van der Waals surface area contributed by atoms with Crippen LogP contribution in [0, 0.1) is 6.92 Å². The van der Waals surface area contributed by atoms with Gasteiger partial charge in [-0.3, -0.25) is 14.4 Å². The van der Waals surface area contributed by atoms with Crippen LogP contribution in [0.15, 0.2) is 6.07 Å². The Bertz CT molecular complexity index is 808. The van der Waals surface area contributed by atoms with Crippen LogP contribution in [0.4, 0.5) is 0 Å². The van der Waals surface area contributed by atoms with Crippen LogP contribution in [0.5, 0.6) is 0 Å². The lowest BCUT2D eigenvalue weighted by atomic mass is 10.1. The van der Waals surface area contributed by atoms with E-state index in [0.29, 0.717) is 18.5 Å². The molecule has 3 heterocycles. The van der Waals surface area contributed by atoms with Crippen molar-refractivity contribution in [2.24, 2.45) is 7.05 Å². The molecule has 1 aliphatic carbocycles. The molecule has 25 heavy (non-hydrogen) atoms. The summed E-state index contributed by atoms with van der Waals surface area (Å²) in [5.74, 6) is 0.518. The van der Waals surface area contributed by atoms with Gasteiger partial charge < -0.3 is 5.32 Å². The molecule has 1 saturated heterocycles. The van der Waals surface area contributed by atoms with Crippen LogP contribution in [-0.2, 0) is 7.05 Å².